The maximum absolute atomic E-state index is 12.8. The zero-order chi connectivity index (χ0) is 15.4. The molecule has 2 rings (SSSR count). The third kappa shape index (κ3) is 3.76. The Kier molecular flexibility index (Phi) is 5.23. The van der Waals surface area contributed by atoms with Gasteiger partial charge in [0.1, 0.15) is 0 Å². The third-order valence-electron chi connectivity index (χ3n) is 3.95. The third-order valence-corrected chi connectivity index (χ3v) is 4.18. The number of esters is 1. The molecule has 1 fully saturated rings. The van der Waals surface area contributed by atoms with Gasteiger partial charge in [0.05, 0.1) is 13.5 Å². The Morgan fingerprint density at radius 1 is 1.38 bits per heavy atom. The second kappa shape index (κ2) is 6.94. The molecule has 1 saturated heterocycles. The normalized spacial score (nSPS) is 18.4. The van der Waals surface area contributed by atoms with Crippen molar-refractivity contribution >= 4 is 23.5 Å². The number of nitrogens with zero attached hydrogens (tertiary/aromatic N) is 1. The first kappa shape index (κ1) is 15.8. The highest BCUT2D eigenvalue weighted by Gasteiger charge is 2.30. The standard InChI is InChI=1S/C16H20ClNO3/c1-11-6-7-12(17)9-14(11)16(20)18-8-4-3-5-13(18)10-15(19)21-2/h6-7,9,13H,3-5,8,10H2,1-2H3. The smallest absolute Gasteiger partial charge is 0.307 e. The summed E-state index contributed by atoms with van der Waals surface area (Å²) in [4.78, 5) is 26.1. The minimum absolute atomic E-state index is 0.0522. The van der Waals surface area contributed by atoms with Crippen LogP contribution in [0.4, 0.5) is 0 Å². The Bertz CT molecular complexity index is 544. The number of piperidine rings is 1. The molecule has 4 nitrogen and oxygen atoms in total. The minimum atomic E-state index is -0.275. The van der Waals surface area contributed by atoms with E-state index in [-0.39, 0.29) is 24.3 Å². The van der Waals surface area contributed by atoms with Crippen molar-refractivity contribution < 1.29 is 14.3 Å². The van der Waals surface area contributed by atoms with Crippen molar-refractivity contribution in [2.75, 3.05) is 13.7 Å². The number of hydrogen-bond acceptors (Lipinski definition) is 3. The summed E-state index contributed by atoms with van der Waals surface area (Å²) >= 11 is 6.00. The molecule has 21 heavy (non-hydrogen) atoms. The number of rotatable bonds is 3. The lowest BCUT2D eigenvalue weighted by molar-refractivity contribution is -0.142. The highest BCUT2D eigenvalue weighted by Crippen LogP contribution is 2.24. The van der Waals surface area contributed by atoms with Gasteiger partial charge in [-0.3, -0.25) is 9.59 Å². The number of carbonyl (C=O) groups is 2. The molecule has 0 N–H and O–H groups in total. The topological polar surface area (TPSA) is 46.6 Å². The monoisotopic (exact) mass is 309 g/mol. The number of benzene rings is 1. The minimum Gasteiger partial charge on any atom is -0.469 e. The summed E-state index contributed by atoms with van der Waals surface area (Å²) in [5, 5.41) is 0.547. The molecule has 1 aromatic rings. The molecule has 1 heterocycles. The number of aryl methyl sites for hydroxylation is 1. The molecule has 5 heteroatoms. The SMILES string of the molecule is COC(=O)CC1CCCCN1C(=O)c1cc(Cl)ccc1C. The Morgan fingerprint density at radius 3 is 2.86 bits per heavy atom. The fourth-order valence-corrected chi connectivity index (χ4v) is 2.91. The maximum atomic E-state index is 12.8. The molecule has 0 bridgehead atoms. The largest absolute Gasteiger partial charge is 0.469 e. The molecule has 0 aliphatic carbocycles. The molecule has 0 spiro atoms. The fourth-order valence-electron chi connectivity index (χ4n) is 2.74. The summed E-state index contributed by atoms with van der Waals surface area (Å²) in [6.45, 7) is 2.56. The molecule has 0 saturated carbocycles. The highest BCUT2D eigenvalue weighted by molar-refractivity contribution is 6.31. The van der Waals surface area contributed by atoms with E-state index >= 15 is 0 Å². The summed E-state index contributed by atoms with van der Waals surface area (Å²) in [5.41, 5.74) is 1.51. The Balaban J connectivity index is 2.22. The van der Waals surface area contributed by atoms with Gasteiger partial charge in [-0.05, 0) is 43.9 Å². The molecule has 1 aromatic carbocycles. The summed E-state index contributed by atoms with van der Waals surface area (Å²) in [5.74, 6) is -0.328. The first-order valence-electron chi connectivity index (χ1n) is 7.17. The van der Waals surface area contributed by atoms with E-state index in [9.17, 15) is 9.59 Å². The van der Waals surface area contributed by atoms with Gasteiger partial charge in [0.2, 0.25) is 0 Å². The van der Waals surface area contributed by atoms with Gasteiger partial charge in [-0.25, -0.2) is 0 Å². The van der Waals surface area contributed by atoms with Crippen molar-refractivity contribution in [3.63, 3.8) is 0 Å². The average molecular weight is 310 g/mol. The van der Waals surface area contributed by atoms with Crippen molar-refractivity contribution in [2.24, 2.45) is 0 Å². The van der Waals surface area contributed by atoms with Crippen LogP contribution in [-0.2, 0) is 9.53 Å². The van der Waals surface area contributed by atoms with Crippen LogP contribution in [0.3, 0.4) is 0 Å². The Labute approximate surface area is 130 Å². The predicted octanol–water partition coefficient (Wildman–Crippen LogP) is 3.21. The van der Waals surface area contributed by atoms with Gasteiger partial charge in [0.15, 0.2) is 0 Å². The molecule has 114 valence electrons. The van der Waals surface area contributed by atoms with E-state index in [0.717, 1.165) is 24.8 Å². The van der Waals surface area contributed by atoms with Gasteiger partial charge < -0.3 is 9.64 Å². The van der Waals surface area contributed by atoms with Gasteiger partial charge in [-0.15, -0.1) is 0 Å². The van der Waals surface area contributed by atoms with Gasteiger partial charge in [0.25, 0.3) is 5.91 Å². The lowest BCUT2D eigenvalue weighted by atomic mass is 9.97. The van der Waals surface area contributed by atoms with E-state index in [4.69, 9.17) is 16.3 Å². The molecular weight excluding hydrogens is 290 g/mol. The van der Waals surface area contributed by atoms with Crippen LogP contribution < -0.4 is 0 Å². The number of amides is 1. The van der Waals surface area contributed by atoms with Gasteiger partial charge in [-0.2, -0.15) is 0 Å². The van der Waals surface area contributed by atoms with Crippen molar-refractivity contribution in [1.29, 1.82) is 0 Å². The van der Waals surface area contributed by atoms with Crippen LogP contribution in [0, 0.1) is 6.92 Å². The van der Waals surface area contributed by atoms with E-state index < -0.39 is 0 Å². The number of methoxy groups -OCH3 is 1. The number of likely N-dealkylation sites (tertiary alicyclic amines) is 1. The van der Waals surface area contributed by atoms with E-state index in [1.807, 2.05) is 13.0 Å². The van der Waals surface area contributed by atoms with Crippen LogP contribution in [0.1, 0.15) is 41.6 Å². The van der Waals surface area contributed by atoms with Gasteiger partial charge in [-0.1, -0.05) is 17.7 Å². The molecule has 1 amide bonds. The van der Waals surface area contributed by atoms with Gasteiger partial charge in [0, 0.05) is 23.2 Å². The number of ether oxygens (including phenoxy) is 1. The van der Waals surface area contributed by atoms with Gasteiger partial charge >= 0.3 is 5.97 Å². The molecule has 1 atom stereocenters. The van der Waals surface area contributed by atoms with Crippen LogP contribution >= 0.6 is 11.6 Å². The van der Waals surface area contributed by atoms with Crippen molar-refractivity contribution in [3.05, 3.63) is 34.3 Å². The summed E-state index contributed by atoms with van der Waals surface area (Å²) in [6.07, 6.45) is 3.07. The second-order valence-corrected chi connectivity index (χ2v) is 5.82. The molecule has 0 aromatic heterocycles. The molecule has 1 aliphatic heterocycles. The second-order valence-electron chi connectivity index (χ2n) is 5.39. The first-order valence-corrected chi connectivity index (χ1v) is 7.54. The molecular formula is C16H20ClNO3. The van der Waals surface area contributed by atoms with Crippen LogP contribution in [0.25, 0.3) is 0 Å². The Hall–Kier alpha value is -1.55. The van der Waals surface area contributed by atoms with Crippen LogP contribution in [0.2, 0.25) is 5.02 Å². The fraction of sp³-hybridized carbons (Fsp3) is 0.500. The predicted molar refractivity (Wildman–Crippen MR) is 81.5 cm³/mol. The zero-order valence-corrected chi connectivity index (χ0v) is 13.2. The van der Waals surface area contributed by atoms with Crippen LogP contribution in [-0.4, -0.2) is 36.5 Å². The van der Waals surface area contributed by atoms with E-state index in [2.05, 4.69) is 0 Å². The van der Waals surface area contributed by atoms with Crippen molar-refractivity contribution in [3.8, 4) is 0 Å². The number of carbonyl (C=O) groups excluding carboxylic acids is 2. The van der Waals surface area contributed by atoms with Crippen molar-refractivity contribution in [1.82, 2.24) is 4.90 Å². The lowest BCUT2D eigenvalue weighted by Crippen LogP contribution is -2.45. The van der Waals surface area contributed by atoms with Crippen LogP contribution in [0.15, 0.2) is 18.2 Å². The van der Waals surface area contributed by atoms with Crippen LogP contribution in [0.5, 0.6) is 0 Å². The van der Waals surface area contributed by atoms with E-state index in [1.165, 1.54) is 7.11 Å². The first-order chi connectivity index (χ1) is 10.0. The molecule has 0 radical (unpaired) electrons. The molecule has 1 unspecified atom stereocenters. The average Bonchev–Trinajstić information content (AvgIpc) is 2.49. The number of halogens is 1. The lowest BCUT2D eigenvalue weighted by Gasteiger charge is -2.35. The Morgan fingerprint density at radius 2 is 2.14 bits per heavy atom. The summed E-state index contributed by atoms with van der Waals surface area (Å²) < 4.78 is 4.73. The summed E-state index contributed by atoms with van der Waals surface area (Å²) in [7, 11) is 1.37. The highest BCUT2D eigenvalue weighted by atomic mass is 35.5. The van der Waals surface area contributed by atoms with E-state index in [1.54, 1.807) is 17.0 Å². The van der Waals surface area contributed by atoms with Crippen molar-refractivity contribution in [2.45, 2.75) is 38.6 Å². The summed E-state index contributed by atoms with van der Waals surface area (Å²) in [6, 6.07) is 5.23. The van der Waals surface area contributed by atoms with E-state index in [0.29, 0.717) is 17.1 Å². The maximum Gasteiger partial charge on any atom is 0.307 e. The number of hydrogen-bond donors (Lipinski definition) is 0. The zero-order valence-electron chi connectivity index (χ0n) is 12.4. The molecule has 1 aliphatic rings. The quantitative estimate of drug-likeness (QED) is 0.806.